The van der Waals surface area contributed by atoms with Gasteiger partial charge in [0.2, 0.25) is 47.0 Å². The summed E-state index contributed by atoms with van der Waals surface area (Å²) in [5.41, 5.74) is 11.2. The van der Waals surface area contributed by atoms with Crippen molar-refractivity contribution in [3.8, 4) is 47.0 Å². The fourth-order valence-electron chi connectivity index (χ4n) is 4.65. The summed E-state index contributed by atoms with van der Waals surface area (Å²) in [4.78, 5) is 62.6. The number of carbonyl (C=O) groups is 4. The minimum atomic E-state index is -0.747. The number of nitrogens with two attached hydrogens (primary N) is 2. The topological polar surface area (TPSA) is 333 Å². The molecule has 2 amide bonds. The van der Waals surface area contributed by atoms with Gasteiger partial charge in [-0.05, 0) is 53.7 Å². The van der Waals surface area contributed by atoms with E-state index < -0.39 is 35.3 Å². The second-order valence-electron chi connectivity index (χ2n) is 15.1. The Bertz CT molecular complexity index is 2350. The second kappa shape index (κ2) is 34.3. The van der Waals surface area contributed by atoms with Gasteiger partial charge in [-0.15, -0.1) is 0 Å². The average Bonchev–Trinajstić information content (AvgIpc) is 3.35. The molecule has 1 radical (unpaired) electrons. The molecule has 0 fully saturated rings. The number of esters is 2. The van der Waals surface area contributed by atoms with Crippen LogP contribution in [0.1, 0.15) is 69.7 Å². The van der Waals surface area contributed by atoms with Crippen LogP contribution in [0.15, 0.2) is 36.4 Å². The summed E-state index contributed by atoms with van der Waals surface area (Å²) in [6.07, 6.45) is -1.31. The van der Waals surface area contributed by atoms with Gasteiger partial charge in [0.1, 0.15) is 28.3 Å². The monoisotopic (exact) mass is 1030 g/mol. The quantitative estimate of drug-likeness (QED) is 0.0449. The van der Waals surface area contributed by atoms with Gasteiger partial charge in [-0.25, -0.2) is 19.2 Å². The molecule has 73 heavy (non-hydrogen) atoms. The second-order valence-corrected chi connectivity index (χ2v) is 15.1. The first-order valence-electron chi connectivity index (χ1n) is 20.8. The molecule has 28 heteroatoms. The number of nitrogens with zero attached hydrogens (tertiary/aromatic N) is 4. The molecule has 0 aromatic carbocycles. The summed E-state index contributed by atoms with van der Waals surface area (Å²) in [5.74, 6) is 0.840. The van der Waals surface area contributed by atoms with Crippen LogP contribution in [0, 0.1) is 0 Å². The van der Waals surface area contributed by atoms with Gasteiger partial charge in [-0.3, -0.25) is 10.6 Å². The van der Waals surface area contributed by atoms with Crippen LogP contribution < -0.4 is 60.0 Å². The minimum absolute atomic E-state index is 0. The fourth-order valence-corrected chi connectivity index (χ4v) is 4.65. The van der Waals surface area contributed by atoms with Gasteiger partial charge >= 0.3 is 61.4 Å². The normalized spacial score (nSPS) is 9.77. The average molecular weight is 1030 g/mol. The Morgan fingerprint density at radius 2 is 0.959 bits per heavy atom. The van der Waals surface area contributed by atoms with Gasteiger partial charge in [0.25, 0.3) is 0 Å². The van der Waals surface area contributed by atoms with Crippen molar-refractivity contribution in [3.63, 3.8) is 0 Å². The number of nitrogen functional groups attached to an aromatic ring is 2. The number of carbonyl (C=O) groups excluding carboxylic acids is 4. The number of methoxy groups -OCH3 is 10. The third-order valence-corrected chi connectivity index (χ3v) is 7.67. The van der Waals surface area contributed by atoms with Crippen molar-refractivity contribution in [2.75, 3.05) is 99.7 Å². The van der Waals surface area contributed by atoms with Crippen molar-refractivity contribution >= 4 is 61.5 Å². The van der Waals surface area contributed by atoms with E-state index in [0.717, 1.165) is 0 Å². The summed E-state index contributed by atoms with van der Waals surface area (Å²) in [7, 11) is 16.3. The molecule has 6 N–H and O–H groups in total. The van der Waals surface area contributed by atoms with E-state index in [1.807, 2.05) is 0 Å². The molecule has 26 nitrogen and oxygen atoms in total. The van der Waals surface area contributed by atoms with Gasteiger partial charge in [0.05, 0.1) is 87.9 Å². The van der Waals surface area contributed by atoms with Crippen molar-refractivity contribution in [1.29, 1.82) is 0 Å². The first-order valence-corrected chi connectivity index (χ1v) is 20.8. The molecule has 0 aliphatic heterocycles. The third kappa shape index (κ3) is 25.1. The maximum absolute atomic E-state index is 11.9. The molecule has 403 valence electrons. The van der Waals surface area contributed by atoms with Crippen LogP contribution in [-0.2, 0) is 28.3 Å². The van der Waals surface area contributed by atoms with Crippen molar-refractivity contribution in [1.82, 2.24) is 19.9 Å². The molecule has 4 aromatic heterocycles. The van der Waals surface area contributed by atoms with E-state index in [-0.39, 0.29) is 65.8 Å². The molecule has 0 unspecified atom stereocenters. The summed E-state index contributed by atoms with van der Waals surface area (Å²) in [6.45, 7) is 12.4. The number of hydrogen-bond acceptors (Lipinski definition) is 24. The van der Waals surface area contributed by atoms with E-state index in [9.17, 15) is 23.9 Å². The Morgan fingerprint density at radius 1 is 0.548 bits per heavy atom. The number of anilines is 4. The Morgan fingerprint density at radius 3 is 1.37 bits per heavy atom. The molecule has 0 saturated carbocycles. The number of ether oxygens (including phenoxy) is 12. The van der Waals surface area contributed by atoms with Gasteiger partial charge in [-0.1, -0.05) is 7.43 Å². The Labute approximate surface area is 427 Å². The molecular formula is C45H69B2N8O18. The van der Waals surface area contributed by atoms with E-state index in [2.05, 4.69) is 44.7 Å². The molecule has 0 spiro atoms. The van der Waals surface area contributed by atoms with Gasteiger partial charge < -0.3 is 68.3 Å². The van der Waals surface area contributed by atoms with Crippen molar-refractivity contribution < 1.29 is 85.4 Å². The number of pyridine rings is 4. The number of hydrogen-bond donors (Lipinski definition) is 4. The molecular weight excluding hydrogens is 962 g/mol. The Hall–Kier alpha value is -8.03. The molecule has 0 aliphatic rings. The zero-order chi connectivity index (χ0) is 55.2. The molecule has 0 saturated heterocycles. The molecule has 0 bridgehead atoms. The Balaban J connectivity index is 0. The van der Waals surface area contributed by atoms with Crippen molar-refractivity contribution in [3.05, 3.63) is 47.5 Å². The van der Waals surface area contributed by atoms with E-state index in [1.165, 1.54) is 90.7 Å². The van der Waals surface area contributed by atoms with Crippen LogP contribution in [0.2, 0.25) is 6.82 Å². The van der Waals surface area contributed by atoms with Crippen LogP contribution in [0.5, 0.6) is 47.0 Å². The van der Waals surface area contributed by atoms with E-state index in [1.54, 1.807) is 72.6 Å². The first-order chi connectivity index (χ1) is 33.9. The Kier molecular flexibility index (Phi) is 31.5. The first kappa shape index (κ1) is 67.0. The fraction of sp³-hybridized carbons (Fsp3) is 0.467. The van der Waals surface area contributed by atoms with E-state index in [0.29, 0.717) is 36.2 Å². The van der Waals surface area contributed by atoms with Crippen molar-refractivity contribution in [2.45, 2.75) is 67.0 Å². The standard InChI is InChI=1S/C14H20N2O6.C12H18N2O4.C9H12N2O4.C7H10N2O2.C2H5B2O2.CH4/c1-14(2,3)22-13(18)16-10-8(12(17)21-6)7-9(19-4)15-11(10)20-5;1-12(2,3)18-11(15)13-8-6-7-9(16-4)14-10(8)17-5;1-13-6-4-5(9(12)15-3)7(10)8(11-6)14-2;1-10-6-4-3-5(8)7(9-6)11-2;1-3-6-2-4-5;/h7H,1-6H3,(H,16,18);6-7H,1-5H3,(H,13,15);4H,10H2,1-3H3;3-4H,8H2,1-2H3;2H2,1H3;1H4. The summed E-state index contributed by atoms with van der Waals surface area (Å²) >= 11 is 0. The summed E-state index contributed by atoms with van der Waals surface area (Å²) < 4.78 is 73.1. The van der Waals surface area contributed by atoms with Gasteiger partial charge in [0, 0.05) is 24.3 Å². The number of nitrogens with one attached hydrogen (secondary N) is 2. The number of aromatic nitrogens is 4. The molecule has 0 aliphatic carbocycles. The molecule has 4 aromatic rings. The van der Waals surface area contributed by atoms with Gasteiger partial charge in [-0.2, -0.15) is 19.9 Å². The summed E-state index contributed by atoms with van der Waals surface area (Å²) in [6, 6.07) is 9.34. The van der Waals surface area contributed by atoms with Gasteiger partial charge in [0.15, 0.2) is 0 Å². The van der Waals surface area contributed by atoms with E-state index in [4.69, 9.17) is 58.8 Å². The predicted octanol–water partition coefficient (Wildman–Crippen LogP) is 6.14. The molecule has 0 atom stereocenters. The third-order valence-electron chi connectivity index (χ3n) is 7.67. The van der Waals surface area contributed by atoms with Crippen molar-refractivity contribution in [2.24, 2.45) is 0 Å². The maximum atomic E-state index is 11.9. The van der Waals surface area contributed by atoms with Crippen LogP contribution in [0.25, 0.3) is 0 Å². The number of amides is 2. The van der Waals surface area contributed by atoms with E-state index >= 15 is 0 Å². The van der Waals surface area contributed by atoms with Crippen LogP contribution >= 0.6 is 0 Å². The summed E-state index contributed by atoms with van der Waals surface area (Å²) in [5, 5.41) is 5.01. The van der Waals surface area contributed by atoms with Crippen LogP contribution in [0.3, 0.4) is 0 Å². The van der Waals surface area contributed by atoms with Crippen LogP contribution in [-0.4, -0.2) is 147 Å². The predicted molar refractivity (Wildman–Crippen MR) is 271 cm³/mol. The zero-order valence-corrected chi connectivity index (χ0v) is 43.6. The number of rotatable bonds is 15. The van der Waals surface area contributed by atoms with Crippen LogP contribution in [0.4, 0.5) is 32.3 Å². The SMILES string of the molecule is C.COC(=O)c1cc(OC)nc(OC)c1N.COC(=O)c1cc(OC)nc(OC)c1NC(=O)OC(C)(C)C.COc1ccc(N)c(OC)n1.COc1ccc(NC(=O)OC(C)(C)C)c(OC)n1.C[B]OCB=O. The zero-order valence-electron chi connectivity index (χ0n) is 43.6. The molecule has 4 heterocycles. The molecule has 4 rings (SSSR count).